The lowest BCUT2D eigenvalue weighted by molar-refractivity contribution is -0.157. The maximum Gasteiger partial charge on any atom is 0.408 e. The third kappa shape index (κ3) is 9.11. The summed E-state index contributed by atoms with van der Waals surface area (Å²) in [5.41, 5.74) is -1.22. The van der Waals surface area contributed by atoms with Gasteiger partial charge in [-0.1, -0.05) is 6.08 Å². The lowest BCUT2D eigenvalue weighted by Gasteiger charge is -2.25. The van der Waals surface area contributed by atoms with Gasteiger partial charge < -0.3 is 14.8 Å². The van der Waals surface area contributed by atoms with Crippen molar-refractivity contribution in [3.05, 3.63) is 12.7 Å². The molecule has 0 heterocycles. The molecule has 0 fully saturated rings. The Morgan fingerprint density at radius 3 is 1.95 bits per heavy atom. The average molecular weight is 271 g/mol. The van der Waals surface area contributed by atoms with Crippen molar-refractivity contribution in [2.75, 3.05) is 0 Å². The van der Waals surface area contributed by atoms with Crippen molar-refractivity contribution in [1.82, 2.24) is 5.32 Å². The number of ether oxygens (including phenoxy) is 2. The average Bonchev–Trinajstić information content (AvgIpc) is 2.10. The normalized spacial score (nSPS) is 13.4. The van der Waals surface area contributed by atoms with Crippen molar-refractivity contribution in [3.63, 3.8) is 0 Å². The number of rotatable bonds is 4. The van der Waals surface area contributed by atoms with Gasteiger partial charge in [-0.3, -0.25) is 0 Å². The summed E-state index contributed by atoms with van der Waals surface area (Å²) in [6.07, 6.45) is 1.19. The molecular weight excluding hydrogens is 246 g/mol. The van der Waals surface area contributed by atoms with Crippen LogP contribution in [0.1, 0.15) is 48.0 Å². The fourth-order valence-electron chi connectivity index (χ4n) is 1.20. The van der Waals surface area contributed by atoms with Crippen molar-refractivity contribution >= 4 is 12.1 Å². The molecule has 0 spiro atoms. The molecule has 5 nitrogen and oxygen atoms in total. The number of amides is 1. The van der Waals surface area contributed by atoms with Gasteiger partial charge in [0.05, 0.1) is 0 Å². The molecule has 5 heteroatoms. The molecule has 0 saturated carbocycles. The van der Waals surface area contributed by atoms with Gasteiger partial charge in [0.25, 0.3) is 0 Å². The lowest BCUT2D eigenvalue weighted by atomic mass is 10.1. The summed E-state index contributed by atoms with van der Waals surface area (Å²) in [5.74, 6) is -0.502. The van der Waals surface area contributed by atoms with E-state index in [4.69, 9.17) is 9.47 Å². The minimum atomic E-state index is -0.786. The van der Waals surface area contributed by atoms with E-state index in [9.17, 15) is 9.59 Å². The molecule has 0 aromatic heterocycles. The predicted octanol–water partition coefficient (Wildman–Crippen LogP) is 2.80. The van der Waals surface area contributed by atoms with Crippen molar-refractivity contribution in [1.29, 1.82) is 0 Å². The maximum atomic E-state index is 11.9. The van der Waals surface area contributed by atoms with Crippen LogP contribution < -0.4 is 5.32 Å². The molecule has 0 saturated heterocycles. The zero-order chi connectivity index (χ0) is 15.3. The highest BCUT2D eigenvalue weighted by Crippen LogP contribution is 2.11. The van der Waals surface area contributed by atoms with Crippen LogP contribution in [-0.2, 0) is 14.3 Å². The monoisotopic (exact) mass is 271 g/mol. The summed E-state index contributed by atoms with van der Waals surface area (Å²) in [5, 5.41) is 2.49. The van der Waals surface area contributed by atoms with E-state index >= 15 is 0 Å². The highest BCUT2D eigenvalue weighted by molar-refractivity contribution is 5.81. The van der Waals surface area contributed by atoms with Crippen molar-refractivity contribution < 1.29 is 19.1 Å². The van der Waals surface area contributed by atoms with Crippen LogP contribution in [0.3, 0.4) is 0 Å². The van der Waals surface area contributed by atoms with Crippen molar-refractivity contribution in [2.24, 2.45) is 0 Å². The van der Waals surface area contributed by atoms with Crippen LogP contribution in [0.5, 0.6) is 0 Å². The third-order valence-electron chi connectivity index (χ3n) is 1.78. The molecule has 0 aromatic rings. The Hall–Kier alpha value is -1.52. The summed E-state index contributed by atoms with van der Waals surface area (Å²) in [6, 6.07) is -0.786. The van der Waals surface area contributed by atoms with Crippen LogP contribution >= 0.6 is 0 Å². The molecule has 0 aliphatic heterocycles. The largest absolute Gasteiger partial charge is 0.458 e. The fourth-order valence-corrected chi connectivity index (χ4v) is 1.20. The molecule has 0 aliphatic rings. The first kappa shape index (κ1) is 17.5. The van der Waals surface area contributed by atoms with E-state index in [-0.39, 0.29) is 6.42 Å². The smallest absolute Gasteiger partial charge is 0.408 e. The van der Waals surface area contributed by atoms with Crippen LogP contribution in [0.2, 0.25) is 0 Å². The number of carbonyl (C=O) groups is 2. The Morgan fingerprint density at radius 1 is 1.11 bits per heavy atom. The molecule has 19 heavy (non-hydrogen) atoms. The molecule has 0 bridgehead atoms. The van der Waals surface area contributed by atoms with Crippen molar-refractivity contribution in [2.45, 2.75) is 65.2 Å². The van der Waals surface area contributed by atoms with Crippen molar-refractivity contribution in [3.8, 4) is 0 Å². The van der Waals surface area contributed by atoms with E-state index in [1.54, 1.807) is 47.6 Å². The quantitative estimate of drug-likeness (QED) is 0.630. The van der Waals surface area contributed by atoms with Gasteiger partial charge in [0.15, 0.2) is 0 Å². The maximum absolute atomic E-state index is 11.9. The van der Waals surface area contributed by atoms with E-state index in [0.29, 0.717) is 0 Å². The number of carbonyl (C=O) groups excluding carboxylic acids is 2. The molecule has 0 aromatic carbocycles. The number of hydrogen-bond acceptors (Lipinski definition) is 4. The molecule has 110 valence electrons. The Labute approximate surface area is 115 Å². The topological polar surface area (TPSA) is 64.6 Å². The summed E-state index contributed by atoms with van der Waals surface area (Å²) >= 11 is 0. The zero-order valence-electron chi connectivity index (χ0n) is 12.7. The van der Waals surface area contributed by atoms with E-state index in [0.717, 1.165) is 0 Å². The van der Waals surface area contributed by atoms with Gasteiger partial charge in [-0.05, 0) is 48.0 Å². The Balaban J connectivity index is 4.61. The minimum absolute atomic E-state index is 0.286. The second kappa shape index (κ2) is 6.59. The molecule has 1 amide bonds. The Bertz CT molecular complexity index is 336. The SMILES string of the molecule is C=CC[C@H](NC(=O)OC(C)(C)C)C(=O)OC(C)(C)C. The van der Waals surface area contributed by atoms with Crippen LogP contribution in [0.15, 0.2) is 12.7 Å². The Morgan fingerprint density at radius 2 is 1.58 bits per heavy atom. The highest BCUT2D eigenvalue weighted by atomic mass is 16.6. The standard InChI is InChI=1S/C14H25NO4/c1-8-9-10(11(16)18-13(2,3)4)15-12(17)19-14(5,6)7/h8,10H,1,9H2,2-7H3,(H,15,17)/t10-/m0/s1. The van der Waals surface area contributed by atoms with Crippen LogP contribution in [-0.4, -0.2) is 29.3 Å². The lowest BCUT2D eigenvalue weighted by Crippen LogP contribution is -2.45. The first-order valence-electron chi connectivity index (χ1n) is 6.28. The minimum Gasteiger partial charge on any atom is -0.458 e. The van der Waals surface area contributed by atoms with E-state index in [2.05, 4.69) is 11.9 Å². The predicted molar refractivity (Wildman–Crippen MR) is 73.8 cm³/mol. The van der Waals surface area contributed by atoms with Crippen LogP contribution in [0.25, 0.3) is 0 Å². The molecule has 0 unspecified atom stereocenters. The molecule has 1 atom stereocenters. The molecular formula is C14H25NO4. The summed E-state index contributed by atoms with van der Waals surface area (Å²) in [4.78, 5) is 23.5. The summed E-state index contributed by atoms with van der Waals surface area (Å²) in [7, 11) is 0. The molecule has 0 radical (unpaired) electrons. The van der Waals surface area contributed by atoms with Gasteiger partial charge in [0.2, 0.25) is 0 Å². The van der Waals surface area contributed by atoms with Gasteiger partial charge >= 0.3 is 12.1 Å². The van der Waals surface area contributed by atoms with E-state index in [1.807, 2.05) is 0 Å². The summed E-state index contributed by atoms with van der Waals surface area (Å²) in [6.45, 7) is 14.1. The van der Waals surface area contributed by atoms with Gasteiger partial charge in [-0.15, -0.1) is 6.58 Å². The summed E-state index contributed by atoms with van der Waals surface area (Å²) < 4.78 is 10.3. The van der Waals surface area contributed by atoms with Gasteiger partial charge in [-0.2, -0.15) is 0 Å². The number of esters is 1. The first-order valence-corrected chi connectivity index (χ1v) is 6.28. The fraction of sp³-hybridized carbons (Fsp3) is 0.714. The second-order valence-electron chi connectivity index (χ2n) is 6.26. The number of hydrogen-bond donors (Lipinski definition) is 1. The zero-order valence-corrected chi connectivity index (χ0v) is 12.7. The third-order valence-corrected chi connectivity index (χ3v) is 1.78. The number of nitrogens with one attached hydrogen (secondary N) is 1. The van der Waals surface area contributed by atoms with Crippen LogP contribution in [0.4, 0.5) is 4.79 Å². The first-order chi connectivity index (χ1) is 8.44. The molecule has 0 aliphatic carbocycles. The molecule has 0 rings (SSSR count). The molecule has 1 N–H and O–H groups in total. The highest BCUT2D eigenvalue weighted by Gasteiger charge is 2.27. The Kier molecular flexibility index (Phi) is 6.06. The van der Waals surface area contributed by atoms with Crippen LogP contribution in [0, 0.1) is 0 Å². The van der Waals surface area contributed by atoms with Gasteiger partial charge in [0.1, 0.15) is 17.2 Å². The van der Waals surface area contributed by atoms with Gasteiger partial charge in [-0.25, -0.2) is 9.59 Å². The number of alkyl carbamates (subject to hydrolysis) is 1. The second-order valence-corrected chi connectivity index (χ2v) is 6.26. The van der Waals surface area contributed by atoms with Gasteiger partial charge in [0, 0.05) is 0 Å². The van der Waals surface area contributed by atoms with E-state index < -0.39 is 29.3 Å². The van der Waals surface area contributed by atoms with E-state index in [1.165, 1.54) is 0 Å².